The number of carbonyl (C=O) groups excluding carboxylic acids is 2. The molecule has 33 heavy (non-hydrogen) atoms. The van der Waals surface area contributed by atoms with Crippen molar-refractivity contribution >= 4 is 23.0 Å². The van der Waals surface area contributed by atoms with Crippen LogP contribution in [-0.4, -0.2) is 39.8 Å². The van der Waals surface area contributed by atoms with E-state index >= 15 is 0 Å². The molecule has 2 heterocycles. The molecule has 0 saturated carbocycles. The molecule has 7 heteroatoms. The fraction of sp³-hybridized carbons (Fsp3) is 0.269. The lowest BCUT2D eigenvalue weighted by molar-refractivity contribution is -0.129. The van der Waals surface area contributed by atoms with Crippen molar-refractivity contribution in [1.82, 2.24) is 9.88 Å². The second kappa shape index (κ2) is 9.58. The molecule has 0 saturated heterocycles. The van der Waals surface area contributed by atoms with Gasteiger partial charge in [0.25, 0.3) is 5.91 Å². The molecule has 6 nitrogen and oxygen atoms in total. The molecule has 1 N–H and O–H groups in total. The van der Waals surface area contributed by atoms with E-state index < -0.39 is 17.7 Å². The summed E-state index contributed by atoms with van der Waals surface area (Å²) >= 11 is 1.27. The Balaban J connectivity index is 1.73. The second-order valence-electron chi connectivity index (χ2n) is 7.88. The van der Waals surface area contributed by atoms with Crippen LogP contribution in [0.4, 0.5) is 0 Å². The Bertz CT molecular complexity index is 1200. The number of aliphatic hydroxyl groups is 1. The summed E-state index contributed by atoms with van der Waals surface area (Å²) in [4.78, 5) is 33.1. The smallest absolute Gasteiger partial charge is 0.290 e. The normalized spacial score (nSPS) is 15.9. The number of nitrogens with zero attached hydrogens (tertiary/aromatic N) is 2. The highest BCUT2D eigenvalue weighted by molar-refractivity contribution is 7.14. The van der Waals surface area contributed by atoms with Gasteiger partial charge in [-0.05, 0) is 50.5 Å². The van der Waals surface area contributed by atoms with Gasteiger partial charge in [0.05, 0.1) is 33.8 Å². The number of aliphatic hydroxyl groups excluding tert-OH is 1. The number of thiazole rings is 1. The standard InChI is InChI=1S/C26H26N2O4S/c1-4-32-20-12-10-19(11-13-20)22-21(23(29)25-16(2)27-17(3)33-25)24(30)26(31)28(22)15-14-18-8-6-5-7-9-18/h5-13,22,30H,4,14-15H2,1-3H3. The summed E-state index contributed by atoms with van der Waals surface area (Å²) in [6.07, 6.45) is 0.605. The summed E-state index contributed by atoms with van der Waals surface area (Å²) in [6.45, 7) is 6.41. The van der Waals surface area contributed by atoms with Gasteiger partial charge in [-0.2, -0.15) is 0 Å². The molecule has 1 atom stereocenters. The van der Waals surface area contributed by atoms with Crippen LogP contribution in [0.25, 0.3) is 0 Å². The third-order valence-electron chi connectivity index (χ3n) is 5.65. The summed E-state index contributed by atoms with van der Waals surface area (Å²) in [7, 11) is 0. The molecule has 1 aliphatic rings. The Labute approximate surface area is 197 Å². The van der Waals surface area contributed by atoms with Crippen molar-refractivity contribution in [3.05, 3.63) is 92.6 Å². The van der Waals surface area contributed by atoms with E-state index in [0.29, 0.717) is 35.9 Å². The number of aromatic nitrogens is 1. The van der Waals surface area contributed by atoms with Crippen LogP contribution < -0.4 is 4.74 Å². The summed E-state index contributed by atoms with van der Waals surface area (Å²) in [6, 6.07) is 16.5. The maximum absolute atomic E-state index is 13.6. The van der Waals surface area contributed by atoms with E-state index in [4.69, 9.17) is 4.74 Å². The molecule has 0 bridgehead atoms. The second-order valence-corrected chi connectivity index (χ2v) is 9.08. The van der Waals surface area contributed by atoms with Crippen molar-refractivity contribution in [2.24, 2.45) is 0 Å². The van der Waals surface area contributed by atoms with Crippen molar-refractivity contribution in [3.8, 4) is 5.75 Å². The number of hydrogen-bond acceptors (Lipinski definition) is 6. The topological polar surface area (TPSA) is 79.7 Å². The van der Waals surface area contributed by atoms with E-state index in [-0.39, 0.29) is 11.4 Å². The van der Waals surface area contributed by atoms with Gasteiger partial charge in [0.2, 0.25) is 5.78 Å². The van der Waals surface area contributed by atoms with Crippen LogP contribution in [0.1, 0.15) is 44.5 Å². The van der Waals surface area contributed by atoms with Crippen LogP contribution in [-0.2, 0) is 11.2 Å². The van der Waals surface area contributed by atoms with Crippen molar-refractivity contribution in [2.75, 3.05) is 13.2 Å². The lowest BCUT2D eigenvalue weighted by Gasteiger charge is -2.27. The maximum atomic E-state index is 13.6. The Morgan fingerprint density at radius 3 is 2.42 bits per heavy atom. The fourth-order valence-electron chi connectivity index (χ4n) is 4.13. The van der Waals surface area contributed by atoms with Crippen LogP contribution in [0.5, 0.6) is 5.75 Å². The molecule has 0 aliphatic carbocycles. The monoisotopic (exact) mass is 462 g/mol. The van der Waals surface area contributed by atoms with Crippen LogP contribution in [0, 0.1) is 13.8 Å². The highest BCUT2D eigenvalue weighted by Crippen LogP contribution is 2.40. The number of rotatable bonds is 8. The highest BCUT2D eigenvalue weighted by Gasteiger charge is 2.44. The molecule has 1 unspecified atom stereocenters. The van der Waals surface area contributed by atoms with Gasteiger partial charge in [-0.25, -0.2) is 4.98 Å². The first kappa shape index (κ1) is 22.7. The Morgan fingerprint density at radius 2 is 1.82 bits per heavy atom. The molecule has 170 valence electrons. The van der Waals surface area contributed by atoms with Crippen molar-refractivity contribution in [2.45, 2.75) is 33.2 Å². The van der Waals surface area contributed by atoms with Gasteiger partial charge < -0.3 is 14.7 Å². The summed E-state index contributed by atoms with van der Waals surface area (Å²) in [5.41, 5.74) is 2.52. The number of ether oxygens (including phenoxy) is 1. The van der Waals surface area contributed by atoms with Gasteiger partial charge in [-0.15, -0.1) is 11.3 Å². The zero-order chi connectivity index (χ0) is 23.5. The van der Waals surface area contributed by atoms with E-state index in [1.165, 1.54) is 11.3 Å². The van der Waals surface area contributed by atoms with Crippen LogP contribution >= 0.6 is 11.3 Å². The lowest BCUT2D eigenvalue weighted by Crippen LogP contribution is -2.33. The van der Waals surface area contributed by atoms with E-state index in [1.807, 2.05) is 68.4 Å². The summed E-state index contributed by atoms with van der Waals surface area (Å²) in [5, 5.41) is 11.6. The molecule has 0 fully saturated rings. The third kappa shape index (κ3) is 4.54. The quantitative estimate of drug-likeness (QED) is 0.478. The van der Waals surface area contributed by atoms with Crippen LogP contribution in [0.3, 0.4) is 0 Å². The molecular formula is C26H26N2O4S. The molecular weight excluding hydrogens is 436 g/mol. The van der Waals surface area contributed by atoms with Crippen molar-refractivity contribution in [3.63, 3.8) is 0 Å². The van der Waals surface area contributed by atoms with E-state index in [2.05, 4.69) is 4.98 Å². The minimum atomic E-state index is -0.689. The number of ketones is 1. The third-order valence-corrected chi connectivity index (χ3v) is 6.72. The highest BCUT2D eigenvalue weighted by atomic mass is 32.1. The zero-order valence-electron chi connectivity index (χ0n) is 18.9. The average Bonchev–Trinajstić information content (AvgIpc) is 3.28. The summed E-state index contributed by atoms with van der Waals surface area (Å²) < 4.78 is 5.54. The Hall–Kier alpha value is -3.45. The Morgan fingerprint density at radius 1 is 1.12 bits per heavy atom. The molecule has 0 spiro atoms. The maximum Gasteiger partial charge on any atom is 0.290 e. The number of benzene rings is 2. The lowest BCUT2D eigenvalue weighted by atomic mass is 9.94. The number of amides is 1. The number of aryl methyl sites for hydroxylation is 2. The van der Waals surface area contributed by atoms with Gasteiger partial charge in [0.1, 0.15) is 5.75 Å². The van der Waals surface area contributed by atoms with Crippen molar-refractivity contribution in [1.29, 1.82) is 0 Å². The molecule has 1 aromatic heterocycles. The van der Waals surface area contributed by atoms with E-state index in [9.17, 15) is 14.7 Å². The number of Topliss-reactive ketones (excluding diaryl/α,β-unsaturated/α-hetero) is 1. The first-order chi connectivity index (χ1) is 15.9. The van der Waals surface area contributed by atoms with Gasteiger partial charge in [0, 0.05) is 6.54 Å². The van der Waals surface area contributed by atoms with E-state index in [1.54, 1.807) is 11.8 Å². The largest absolute Gasteiger partial charge is 0.503 e. The first-order valence-electron chi connectivity index (χ1n) is 10.9. The average molecular weight is 463 g/mol. The summed E-state index contributed by atoms with van der Waals surface area (Å²) in [5.74, 6) is -0.675. The number of carbonyl (C=O) groups is 2. The molecule has 3 aromatic rings. The fourth-order valence-corrected chi connectivity index (χ4v) is 5.01. The van der Waals surface area contributed by atoms with Gasteiger partial charge in [-0.3, -0.25) is 9.59 Å². The molecule has 0 radical (unpaired) electrons. The van der Waals surface area contributed by atoms with Gasteiger partial charge in [-0.1, -0.05) is 42.5 Å². The SMILES string of the molecule is CCOc1ccc(C2C(C(=O)c3sc(C)nc3C)=C(O)C(=O)N2CCc2ccccc2)cc1. The van der Waals surface area contributed by atoms with Gasteiger partial charge in [0.15, 0.2) is 5.76 Å². The molecule has 1 aliphatic heterocycles. The first-order valence-corrected chi connectivity index (χ1v) is 11.7. The predicted octanol–water partition coefficient (Wildman–Crippen LogP) is 4.98. The minimum absolute atomic E-state index is 0.101. The predicted molar refractivity (Wildman–Crippen MR) is 128 cm³/mol. The molecule has 2 aromatic carbocycles. The van der Waals surface area contributed by atoms with Crippen molar-refractivity contribution < 1.29 is 19.4 Å². The number of hydrogen-bond donors (Lipinski definition) is 1. The van der Waals surface area contributed by atoms with Crippen LogP contribution in [0.15, 0.2) is 65.9 Å². The van der Waals surface area contributed by atoms with E-state index in [0.717, 1.165) is 16.1 Å². The Kier molecular flexibility index (Phi) is 6.60. The molecule has 4 rings (SSSR count). The van der Waals surface area contributed by atoms with Gasteiger partial charge >= 0.3 is 0 Å². The zero-order valence-corrected chi connectivity index (χ0v) is 19.7. The van der Waals surface area contributed by atoms with Crippen LogP contribution in [0.2, 0.25) is 0 Å². The molecule has 1 amide bonds. The minimum Gasteiger partial charge on any atom is -0.503 e.